The number of rotatable bonds is 6. The second kappa shape index (κ2) is 5.91. The van der Waals surface area contributed by atoms with Gasteiger partial charge in [-0.2, -0.15) is 5.10 Å². The van der Waals surface area contributed by atoms with Gasteiger partial charge in [-0.05, 0) is 13.3 Å². The fourth-order valence-electron chi connectivity index (χ4n) is 2.22. The van der Waals surface area contributed by atoms with Gasteiger partial charge in [-0.1, -0.05) is 20.3 Å². The van der Waals surface area contributed by atoms with Crippen LogP contribution in [0.25, 0.3) is 11.3 Å². The Morgan fingerprint density at radius 3 is 2.63 bits per heavy atom. The quantitative estimate of drug-likeness (QED) is 0.869. The fourth-order valence-corrected chi connectivity index (χ4v) is 2.22. The zero-order chi connectivity index (χ0) is 13.8. The van der Waals surface area contributed by atoms with Crippen molar-refractivity contribution in [1.29, 1.82) is 0 Å². The van der Waals surface area contributed by atoms with Crippen molar-refractivity contribution in [2.45, 2.75) is 53.1 Å². The molecule has 2 rings (SSSR count). The maximum Gasteiger partial charge on any atom is 0.131 e. The Hall–Kier alpha value is -1.78. The van der Waals surface area contributed by atoms with E-state index < -0.39 is 0 Å². The monoisotopic (exact) mass is 261 g/mol. The molecule has 0 unspecified atom stereocenters. The standard InChI is InChI=1S/C14H23N5/c1-4-7-8-19-12(5-2)17-13(14(19)15)11-9-16-18(6-3)10-11/h9-10H,4-8,15H2,1-3H3. The minimum absolute atomic E-state index is 0.765. The molecule has 2 heterocycles. The van der Waals surface area contributed by atoms with E-state index >= 15 is 0 Å². The smallest absolute Gasteiger partial charge is 0.131 e. The summed E-state index contributed by atoms with van der Waals surface area (Å²) in [7, 11) is 0. The van der Waals surface area contributed by atoms with E-state index in [1.807, 2.05) is 17.1 Å². The van der Waals surface area contributed by atoms with Gasteiger partial charge in [-0.3, -0.25) is 4.68 Å². The summed E-state index contributed by atoms with van der Waals surface area (Å²) >= 11 is 0. The number of hydrogen-bond donors (Lipinski definition) is 1. The number of unbranched alkanes of at least 4 members (excludes halogenated alkanes) is 1. The molecule has 0 fully saturated rings. The van der Waals surface area contributed by atoms with Gasteiger partial charge in [0.15, 0.2) is 0 Å². The van der Waals surface area contributed by atoms with E-state index in [0.29, 0.717) is 0 Å². The number of aromatic nitrogens is 4. The molecule has 5 nitrogen and oxygen atoms in total. The maximum atomic E-state index is 6.27. The number of anilines is 1. The van der Waals surface area contributed by atoms with Gasteiger partial charge < -0.3 is 10.3 Å². The lowest BCUT2D eigenvalue weighted by molar-refractivity contribution is 0.612. The number of aryl methyl sites for hydroxylation is 2. The third-order valence-corrected chi connectivity index (χ3v) is 3.37. The predicted molar refractivity (Wildman–Crippen MR) is 77.8 cm³/mol. The van der Waals surface area contributed by atoms with E-state index in [-0.39, 0.29) is 0 Å². The van der Waals surface area contributed by atoms with E-state index in [0.717, 1.165) is 55.3 Å². The van der Waals surface area contributed by atoms with Crippen molar-refractivity contribution in [3.63, 3.8) is 0 Å². The molecule has 104 valence electrons. The Balaban J connectivity index is 2.38. The number of nitrogens with two attached hydrogens (primary N) is 1. The zero-order valence-corrected chi connectivity index (χ0v) is 12.1. The van der Waals surface area contributed by atoms with Crippen molar-refractivity contribution in [3.05, 3.63) is 18.2 Å². The van der Waals surface area contributed by atoms with Crippen molar-refractivity contribution in [3.8, 4) is 11.3 Å². The Kier molecular flexibility index (Phi) is 4.24. The molecule has 0 amide bonds. The molecule has 0 spiro atoms. The van der Waals surface area contributed by atoms with Crippen LogP contribution in [-0.2, 0) is 19.5 Å². The second-order valence-electron chi connectivity index (χ2n) is 4.71. The molecule has 0 bridgehead atoms. The third kappa shape index (κ3) is 2.64. The van der Waals surface area contributed by atoms with Crippen LogP contribution >= 0.6 is 0 Å². The molecule has 0 atom stereocenters. The first-order chi connectivity index (χ1) is 9.21. The molecule has 0 aliphatic heterocycles. The summed E-state index contributed by atoms with van der Waals surface area (Å²) in [6.07, 6.45) is 7.02. The summed E-state index contributed by atoms with van der Waals surface area (Å²) in [5, 5.41) is 4.29. The SMILES string of the molecule is CCCCn1c(CC)nc(-c2cnn(CC)c2)c1N. The normalized spacial score (nSPS) is 11.1. The van der Waals surface area contributed by atoms with Crippen molar-refractivity contribution in [2.75, 3.05) is 5.73 Å². The van der Waals surface area contributed by atoms with E-state index in [1.54, 1.807) is 0 Å². The summed E-state index contributed by atoms with van der Waals surface area (Å²) in [5.74, 6) is 1.83. The largest absolute Gasteiger partial charge is 0.383 e. The van der Waals surface area contributed by atoms with Gasteiger partial charge in [0.1, 0.15) is 17.3 Å². The number of nitrogens with zero attached hydrogens (tertiary/aromatic N) is 4. The van der Waals surface area contributed by atoms with Gasteiger partial charge in [0.05, 0.1) is 6.20 Å². The van der Waals surface area contributed by atoms with Crippen LogP contribution in [0.2, 0.25) is 0 Å². The van der Waals surface area contributed by atoms with Crippen LogP contribution in [0.5, 0.6) is 0 Å². The molecule has 5 heteroatoms. The van der Waals surface area contributed by atoms with Crippen molar-refractivity contribution in [1.82, 2.24) is 19.3 Å². The summed E-state index contributed by atoms with van der Waals surface area (Å²) in [5.41, 5.74) is 8.14. The van der Waals surface area contributed by atoms with E-state index in [2.05, 4.69) is 35.4 Å². The fraction of sp³-hybridized carbons (Fsp3) is 0.571. The van der Waals surface area contributed by atoms with Crippen LogP contribution in [0.3, 0.4) is 0 Å². The number of nitrogen functional groups attached to an aromatic ring is 1. The van der Waals surface area contributed by atoms with Crippen molar-refractivity contribution >= 4 is 5.82 Å². The molecule has 2 aromatic rings. The van der Waals surface area contributed by atoms with Gasteiger partial charge in [-0.25, -0.2) is 4.98 Å². The molecule has 19 heavy (non-hydrogen) atoms. The van der Waals surface area contributed by atoms with E-state index in [1.165, 1.54) is 0 Å². The minimum Gasteiger partial charge on any atom is -0.383 e. The second-order valence-corrected chi connectivity index (χ2v) is 4.71. The van der Waals surface area contributed by atoms with Crippen molar-refractivity contribution in [2.24, 2.45) is 0 Å². The Morgan fingerprint density at radius 1 is 1.26 bits per heavy atom. The lowest BCUT2D eigenvalue weighted by Gasteiger charge is -2.07. The van der Waals surface area contributed by atoms with Crippen LogP contribution in [0, 0.1) is 0 Å². The van der Waals surface area contributed by atoms with Gasteiger partial charge in [0.25, 0.3) is 0 Å². The first kappa shape index (κ1) is 13.6. The molecule has 0 radical (unpaired) electrons. The predicted octanol–water partition coefficient (Wildman–Crippen LogP) is 2.71. The molecule has 2 N–H and O–H groups in total. The molecule has 0 aromatic carbocycles. The molecule has 0 saturated heterocycles. The third-order valence-electron chi connectivity index (χ3n) is 3.37. The van der Waals surface area contributed by atoms with Gasteiger partial charge in [0.2, 0.25) is 0 Å². The highest BCUT2D eigenvalue weighted by Gasteiger charge is 2.15. The minimum atomic E-state index is 0.765. The Labute approximate surface area is 114 Å². The van der Waals surface area contributed by atoms with Crippen LogP contribution in [-0.4, -0.2) is 19.3 Å². The zero-order valence-electron chi connectivity index (χ0n) is 12.1. The van der Waals surface area contributed by atoms with Crippen molar-refractivity contribution < 1.29 is 0 Å². The molecular formula is C14H23N5. The van der Waals surface area contributed by atoms with Gasteiger partial charge in [-0.15, -0.1) is 0 Å². The Bertz CT molecular complexity index is 538. The highest BCUT2D eigenvalue weighted by molar-refractivity contribution is 5.69. The molecule has 0 aliphatic carbocycles. The highest BCUT2D eigenvalue weighted by Crippen LogP contribution is 2.26. The average molecular weight is 261 g/mol. The molecule has 0 aliphatic rings. The van der Waals surface area contributed by atoms with Crippen LogP contribution in [0.4, 0.5) is 5.82 Å². The van der Waals surface area contributed by atoms with Crippen LogP contribution < -0.4 is 5.73 Å². The topological polar surface area (TPSA) is 61.7 Å². The molecule has 2 aromatic heterocycles. The first-order valence-corrected chi connectivity index (χ1v) is 7.08. The van der Waals surface area contributed by atoms with E-state index in [9.17, 15) is 0 Å². The van der Waals surface area contributed by atoms with Crippen LogP contribution in [0.1, 0.15) is 39.4 Å². The van der Waals surface area contributed by atoms with Gasteiger partial charge >= 0.3 is 0 Å². The average Bonchev–Trinajstić information content (AvgIpc) is 3.01. The summed E-state index contributed by atoms with van der Waals surface area (Å²) in [4.78, 5) is 4.68. The summed E-state index contributed by atoms with van der Waals surface area (Å²) in [6, 6.07) is 0. The Morgan fingerprint density at radius 2 is 2.05 bits per heavy atom. The molecular weight excluding hydrogens is 238 g/mol. The van der Waals surface area contributed by atoms with Crippen LogP contribution in [0.15, 0.2) is 12.4 Å². The first-order valence-electron chi connectivity index (χ1n) is 7.08. The highest BCUT2D eigenvalue weighted by atomic mass is 15.3. The lowest BCUT2D eigenvalue weighted by atomic mass is 10.2. The maximum absolute atomic E-state index is 6.27. The number of imidazole rings is 1. The number of hydrogen-bond acceptors (Lipinski definition) is 3. The summed E-state index contributed by atoms with van der Waals surface area (Å²) < 4.78 is 4.04. The molecule has 0 saturated carbocycles. The van der Waals surface area contributed by atoms with Gasteiger partial charge in [0, 0.05) is 31.3 Å². The lowest BCUT2D eigenvalue weighted by Crippen LogP contribution is -2.06. The van der Waals surface area contributed by atoms with E-state index in [4.69, 9.17) is 5.73 Å². The summed E-state index contributed by atoms with van der Waals surface area (Å²) in [6.45, 7) is 8.17.